The van der Waals surface area contributed by atoms with Crippen LogP contribution in [0.3, 0.4) is 0 Å². The van der Waals surface area contributed by atoms with E-state index in [0.29, 0.717) is 14.3 Å². The zero-order chi connectivity index (χ0) is 15.6. The fraction of sp³-hybridized carbons (Fsp3) is 0.0714. The smallest absolute Gasteiger partial charge is 0.270 e. The lowest BCUT2D eigenvalue weighted by Crippen LogP contribution is -2.13. The van der Waals surface area contributed by atoms with Gasteiger partial charge in [0.2, 0.25) is 0 Å². The number of anilines is 1. The van der Waals surface area contributed by atoms with Crippen LogP contribution in [0.4, 0.5) is 11.4 Å². The zero-order valence-electron chi connectivity index (χ0n) is 10.9. The lowest BCUT2D eigenvalue weighted by atomic mass is 10.1. The van der Waals surface area contributed by atoms with Crippen molar-refractivity contribution in [2.75, 3.05) is 5.32 Å². The number of halogens is 2. The van der Waals surface area contributed by atoms with E-state index in [1.807, 2.05) is 29.5 Å². The lowest BCUT2D eigenvalue weighted by molar-refractivity contribution is -0.384. The van der Waals surface area contributed by atoms with Crippen LogP contribution < -0.4 is 5.32 Å². The zero-order valence-corrected chi connectivity index (χ0v) is 13.8. The third-order valence-electron chi connectivity index (χ3n) is 2.84. The van der Waals surface area contributed by atoms with E-state index in [1.165, 1.54) is 18.2 Å². The molecule has 0 unspecified atom stereocenters. The van der Waals surface area contributed by atoms with Crippen LogP contribution in [0.15, 0.2) is 36.4 Å². The lowest BCUT2D eigenvalue weighted by Gasteiger charge is -2.08. The van der Waals surface area contributed by atoms with Crippen molar-refractivity contribution in [2.45, 2.75) is 6.92 Å². The number of hydrogen-bond donors (Lipinski definition) is 1. The number of carbonyl (C=O) groups is 1. The summed E-state index contributed by atoms with van der Waals surface area (Å²) in [6.07, 6.45) is 0. The van der Waals surface area contributed by atoms with Crippen molar-refractivity contribution >= 4 is 51.5 Å². The van der Waals surface area contributed by atoms with Gasteiger partial charge in [0.15, 0.2) is 0 Å². The molecule has 108 valence electrons. The van der Waals surface area contributed by atoms with Crippen LogP contribution >= 0.6 is 34.2 Å². The van der Waals surface area contributed by atoms with Crippen LogP contribution in [0.2, 0.25) is 5.02 Å². The maximum atomic E-state index is 12.2. The number of nitrogens with one attached hydrogen (secondary N) is 1. The molecule has 7 heteroatoms. The number of nitro groups is 1. The molecule has 0 fully saturated rings. The summed E-state index contributed by atoms with van der Waals surface area (Å²) >= 11 is 7.96. The molecule has 0 aliphatic carbocycles. The molecule has 0 heterocycles. The molecule has 2 rings (SSSR count). The average molecular weight is 417 g/mol. The minimum absolute atomic E-state index is 0.123. The molecule has 0 aromatic heterocycles. The average Bonchev–Trinajstić information content (AvgIpc) is 2.43. The van der Waals surface area contributed by atoms with Gasteiger partial charge in [-0.1, -0.05) is 17.7 Å². The highest BCUT2D eigenvalue weighted by Gasteiger charge is 2.15. The van der Waals surface area contributed by atoms with Crippen LogP contribution in [0.25, 0.3) is 0 Å². The van der Waals surface area contributed by atoms with Gasteiger partial charge in [-0.05, 0) is 53.3 Å². The molecule has 0 atom stereocenters. The quantitative estimate of drug-likeness (QED) is 0.457. The molecule has 2 aromatic carbocycles. The third kappa shape index (κ3) is 3.70. The molecule has 0 aliphatic heterocycles. The highest BCUT2D eigenvalue weighted by Crippen LogP contribution is 2.23. The molecule has 1 amide bonds. The monoisotopic (exact) mass is 416 g/mol. The van der Waals surface area contributed by atoms with Gasteiger partial charge in [0, 0.05) is 26.4 Å². The van der Waals surface area contributed by atoms with Crippen LogP contribution in [0.1, 0.15) is 15.9 Å². The molecule has 1 N–H and O–H groups in total. The van der Waals surface area contributed by atoms with Gasteiger partial charge in [0.05, 0.1) is 10.5 Å². The summed E-state index contributed by atoms with van der Waals surface area (Å²) < 4.78 is 0.633. The van der Waals surface area contributed by atoms with E-state index < -0.39 is 10.8 Å². The highest BCUT2D eigenvalue weighted by molar-refractivity contribution is 14.1. The Hall–Kier alpha value is -1.67. The van der Waals surface area contributed by atoms with Gasteiger partial charge in [-0.3, -0.25) is 14.9 Å². The minimum atomic E-state index is -0.532. The van der Waals surface area contributed by atoms with E-state index >= 15 is 0 Å². The van der Waals surface area contributed by atoms with Crippen LogP contribution in [-0.2, 0) is 0 Å². The van der Waals surface area contributed by atoms with Gasteiger partial charge >= 0.3 is 0 Å². The summed E-state index contributed by atoms with van der Waals surface area (Å²) in [6, 6.07) is 9.31. The number of nitro benzene ring substituents is 1. The van der Waals surface area contributed by atoms with E-state index in [1.54, 1.807) is 18.2 Å². The van der Waals surface area contributed by atoms with E-state index in [2.05, 4.69) is 5.32 Å². The Kier molecular flexibility index (Phi) is 4.79. The van der Waals surface area contributed by atoms with Crippen molar-refractivity contribution in [1.29, 1.82) is 0 Å². The SMILES string of the molecule is Cc1ccc(NC(=O)c2cc([N+](=O)[O-])ccc2I)cc1Cl. The van der Waals surface area contributed by atoms with Crippen molar-refractivity contribution < 1.29 is 9.72 Å². The van der Waals surface area contributed by atoms with E-state index in [4.69, 9.17) is 11.6 Å². The number of amides is 1. The summed E-state index contributed by atoms with van der Waals surface area (Å²) in [5.41, 5.74) is 1.57. The maximum Gasteiger partial charge on any atom is 0.270 e. The normalized spacial score (nSPS) is 10.2. The van der Waals surface area contributed by atoms with Crippen molar-refractivity contribution in [3.8, 4) is 0 Å². The van der Waals surface area contributed by atoms with E-state index in [0.717, 1.165) is 5.56 Å². The summed E-state index contributed by atoms with van der Waals surface area (Å²) in [7, 11) is 0. The molecular formula is C14H10ClIN2O3. The number of nitrogens with zero attached hydrogens (tertiary/aromatic N) is 1. The second-order valence-corrected chi connectivity index (χ2v) is 5.91. The largest absolute Gasteiger partial charge is 0.322 e. The summed E-state index contributed by atoms with van der Waals surface area (Å²) in [4.78, 5) is 22.5. The van der Waals surface area contributed by atoms with Gasteiger partial charge in [0.25, 0.3) is 11.6 Å². The van der Waals surface area contributed by atoms with E-state index in [9.17, 15) is 14.9 Å². The molecule has 0 bridgehead atoms. The summed E-state index contributed by atoms with van der Waals surface area (Å²) in [6.45, 7) is 1.86. The van der Waals surface area contributed by atoms with E-state index in [-0.39, 0.29) is 11.3 Å². The molecule has 21 heavy (non-hydrogen) atoms. The Bertz CT molecular complexity index is 734. The molecule has 0 saturated heterocycles. The Labute approximate surface area is 139 Å². The molecule has 5 nitrogen and oxygen atoms in total. The second-order valence-electron chi connectivity index (χ2n) is 4.34. The molecule has 0 spiro atoms. The van der Waals surface area contributed by atoms with Gasteiger partial charge in [-0.2, -0.15) is 0 Å². The van der Waals surface area contributed by atoms with Crippen molar-refractivity contribution in [2.24, 2.45) is 0 Å². The van der Waals surface area contributed by atoms with Crippen LogP contribution in [0, 0.1) is 20.6 Å². The van der Waals surface area contributed by atoms with Crippen molar-refractivity contribution in [3.63, 3.8) is 0 Å². The number of aryl methyl sites for hydroxylation is 1. The van der Waals surface area contributed by atoms with Gasteiger partial charge in [-0.25, -0.2) is 0 Å². The molecule has 0 radical (unpaired) electrons. The Balaban J connectivity index is 2.29. The third-order valence-corrected chi connectivity index (χ3v) is 4.18. The maximum absolute atomic E-state index is 12.2. The highest BCUT2D eigenvalue weighted by atomic mass is 127. The first kappa shape index (κ1) is 15.7. The topological polar surface area (TPSA) is 72.2 Å². The molecular weight excluding hydrogens is 407 g/mol. The minimum Gasteiger partial charge on any atom is -0.322 e. The van der Waals surface area contributed by atoms with Gasteiger partial charge in [-0.15, -0.1) is 0 Å². The van der Waals surface area contributed by atoms with Gasteiger partial charge < -0.3 is 5.32 Å². The first-order chi connectivity index (χ1) is 9.88. The number of carbonyl (C=O) groups excluding carboxylic acids is 1. The Morgan fingerprint density at radius 1 is 1.29 bits per heavy atom. The van der Waals surface area contributed by atoms with Crippen LogP contribution in [0.5, 0.6) is 0 Å². The first-order valence-corrected chi connectivity index (χ1v) is 7.35. The molecule has 2 aromatic rings. The fourth-order valence-corrected chi connectivity index (χ4v) is 2.43. The predicted octanol–water partition coefficient (Wildman–Crippen LogP) is 4.41. The standard InChI is InChI=1S/C14H10ClIN2O3/c1-8-2-3-9(6-12(8)15)17-14(19)11-7-10(18(20)21)4-5-13(11)16/h2-7H,1H3,(H,17,19). The number of rotatable bonds is 3. The fourth-order valence-electron chi connectivity index (χ4n) is 1.67. The second kappa shape index (κ2) is 6.40. The number of non-ortho nitro benzene ring substituents is 1. The summed E-state index contributed by atoms with van der Waals surface area (Å²) in [5, 5.41) is 14.0. The molecule has 0 aliphatic rings. The molecule has 0 saturated carbocycles. The number of hydrogen-bond acceptors (Lipinski definition) is 3. The first-order valence-electron chi connectivity index (χ1n) is 5.90. The van der Waals surface area contributed by atoms with Crippen LogP contribution in [-0.4, -0.2) is 10.8 Å². The van der Waals surface area contributed by atoms with Gasteiger partial charge in [0.1, 0.15) is 0 Å². The Morgan fingerprint density at radius 2 is 2.00 bits per heavy atom. The number of benzene rings is 2. The Morgan fingerprint density at radius 3 is 2.62 bits per heavy atom. The van der Waals surface area contributed by atoms with Crippen molar-refractivity contribution in [3.05, 3.63) is 66.2 Å². The van der Waals surface area contributed by atoms with Crippen molar-refractivity contribution in [1.82, 2.24) is 0 Å². The summed E-state index contributed by atoms with van der Waals surface area (Å²) in [5.74, 6) is -0.414. The predicted molar refractivity (Wildman–Crippen MR) is 90.0 cm³/mol.